The largest absolute Gasteiger partial charge is 0.356 e. The van der Waals surface area contributed by atoms with Gasteiger partial charge in [0.05, 0.1) is 10.7 Å². The highest BCUT2D eigenvalue weighted by molar-refractivity contribution is 6.32. The monoisotopic (exact) mass is 279 g/mol. The number of nitrogens with zero attached hydrogens (tertiary/aromatic N) is 4. The van der Waals surface area contributed by atoms with Crippen LogP contribution in [0.25, 0.3) is 5.69 Å². The second-order valence-corrected chi connectivity index (χ2v) is 4.38. The maximum atomic E-state index is 12.1. The van der Waals surface area contributed by atoms with Gasteiger partial charge in [-0.2, -0.15) is 9.97 Å². The van der Waals surface area contributed by atoms with Crippen LogP contribution in [0.2, 0.25) is 5.02 Å². The number of benzene rings is 1. The number of rotatable bonds is 3. The highest BCUT2D eigenvalue weighted by Crippen LogP contribution is 2.19. The number of aromatic nitrogens is 3. The van der Waals surface area contributed by atoms with Crippen molar-refractivity contribution in [2.45, 2.75) is 13.3 Å². The molecule has 0 aliphatic rings. The lowest BCUT2D eigenvalue weighted by molar-refractivity contribution is 0.749. The third-order valence-corrected chi connectivity index (χ3v) is 2.92. The number of hydrazine groups is 1. The summed E-state index contributed by atoms with van der Waals surface area (Å²) in [6.07, 6.45) is 0.559. The molecule has 0 fully saturated rings. The molecule has 0 aliphatic heterocycles. The van der Waals surface area contributed by atoms with E-state index in [9.17, 15) is 4.79 Å². The lowest BCUT2D eigenvalue weighted by Crippen LogP contribution is -2.34. The molecule has 100 valence electrons. The first-order valence-electron chi connectivity index (χ1n) is 5.78. The first kappa shape index (κ1) is 13.5. The van der Waals surface area contributed by atoms with Crippen molar-refractivity contribution in [1.29, 1.82) is 0 Å². The van der Waals surface area contributed by atoms with Crippen LogP contribution < -0.4 is 16.5 Å². The van der Waals surface area contributed by atoms with E-state index in [0.717, 1.165) is 0 Å². The van der Waals surface area contributed by atoms with E-state index < -0.39 is 5.69 Å². The predicted molar refractivity (Wildman–Crippen MR) is 74.6 cm³/mol. The van der Waals surface area contributed by atoms with Crippen LogP contribution >= 0.6 is 11.6 Å². The van der Waals surface area contributed by atoms with Crippen LogP contribution in [0.5, 0.6) is 0 Å². The standard InChI is InChI=1S/C12H14ClN5O/c1-3-10-15-11(17(2)14)16-12(19)18(10)9-7-5-4-6-8(9)13/h4-7H,3,14H2,1-2H3. The smallest absolute Gasteiger partial charge is 0.282 e. The molecule has 7 heteroatoms. The van der Waals surface area contributed by atoms with Crippen molar-refractivity contribution >= 4 is 17.5 Å². The summed E-state index contributed by atoms with van der Waals surface area (Å²) in [5.74, 6) is 6.30. The Morgan fingerprint density at radius 1 is 1.37 bits per heavy atom. The molecule has 2 aromatic rings. The Morgan fingerprint density at radius 3 is 2.63 bits per heavy atom. The van der Waals surface area contributed by atoms with Crippen molar-refractivity contribution in [3.8, 4) is 5.69 Å². The summed E-state index contributed by atoms with van der Waals surface area (Å²) in [5, 5.41) is 1.68. The Morgan fingerprint density at radius 2 is 2.05 bits per heavy atom. The van der Waals surface area contributed by atoms with Crippen LogP contribution in [0.4, 0.5) is 5.95 Å². The minimum absolute atomic E-state index is 0.185. The zero-order chi connectivity index (χ0) is 14.0. The van der Waals surface area contributed by atoms with E-state index in [1.54, 1.807) is 31.3 Å². The van der Waals surface area contributed by atoms with E-state index in [1.165, 1.54) is 9.58 Å². The molecule has 0 unspecified atom stereocenters. The van der Waals surface area contributed by atoms with Crippen LogP contribution in [0.3, 0.4) is 0 Å². The van der Waals surface area contributed by atoms with Crippen LogP contribution in [-0.2, 0) is 6.42 Å². The molecule has 0 saturated heterocycles. The van der Waals surface area contributed by atoms with E-state index in [0.29, 0.717) is 23.0 Å². The molecule has 1 aromatic heterocycles. The van der Waals surface area contributed by atoms with Gasteiger partial charge in [0.1, 0.15) is 5.82 Å². The average Bonchev–Trinajstić information content (AvgIpc) is 2.39. The van der Waals surface area contributed by atoms with Crippen LogP contribution in [0, 0.1) is 0 Å². The summed E-state index contributed by atoms with van der Waals surface area (Å²) in [6, 6.07) is 7.06. The second kappa shape index (κ2) is 5.38. The molecule has 0 spiro atoms. The van der Waals surface area contributed by atoms with Gasteiger partial charge in [0.25, 0.3) is 0 Å². The van der Waals surface area contributed by atoms with Gasteiger partial charge in [-0.25, -0.2) is 15.2 Å². The zero-order valence-electron chi connectivity index (χ0n) is 10.7. The Labute approximate surface area is 115 Å². The topological polar surface area (TPSA) is 77.0 Å². The van der Waals surface area contributed by atoms with Gasteiger partial charge in [-0.15, -0.1) is 0 Å². The Balaban J connectivity index is 2.71. The lowest BCUT2D eigenvalue weighted by atomic mass is 10.3. The van der Waals surface area contributed by atoms with E-state index in [4.69, 9.17) is 17.4 Å². The molecular weight excluding hydrogens is 266 g/mol. The predicted octanol–water partition coefficient (Wildman–Crippen LogP) is 1.15. The average molecular weight is 280 g/mol. The molecule has 0 saturated carbocycles. The number of nitrogens with two attached hydrogens (primary N) is 1. The van der Waals surface area contributed by atoms with Crippen molar-refractivity contribution in [2.75, 3.05) is 12.1 Å². The Hall–Kier alpha value is -1.92. The van der Waals surface area contributed by atoms with Gasteiger partial charge in [-0.1, -0.05) is 30.7 Å². The number of halogens is 1. The highest BCUT2D eigenvalue weighted by Gasteiger charge is 2.13. The lowest BCUT2D eigenvalue weighted by Gasteiger charge is -2.15. The number of hydrogen-bond acceptors (Lipinski definition) is 5. The first-order chi connectivity index (χ1) is 9.04. The molecule has 2 rings (SSSR count). The normalized spacial score (nSPS) is 10.5. The molecule has 2 N–H and O–H groups in total. The minimum Gasteiger partial charge on any atom is -0.282 e. The van der Waals surface area contributed by atoms with Gasteiger partial charge in [-0.05, 0) is 12.1 Å². The van der Waals surface area contributed by atoms with E-state index >= 15 is 0 Å². The molecule has 0 radical (unpaired) electrons. The molecule has 1 heterocycles. The summed E-state index contributed by atoms with van der Waals surface area (Å²) >= 11 is 6.11. The molecule has 0 bridgehead atoms. The van der Waals surface area contributed by atoms with Gasteiger partial charge in [0.15, 0.2) is 0 Å². The van der Waals surface area contributed by atoms with Gasteiger partial charge in [0, 0.05) is 13.5 Å². The summed E-state index contributed by atoms with van der Waals surface area (Å²) in [6.45, 7) is 1.90. The zero-order valence-corrected chi connectivity index (χ0v) is 11.4. The van der Waals surface area contributed by atoms with Gasteiger partial charge < -0.3 is 0 Å². The second-order valence-electron chi connectivity index (χ2n) is 3.97. The number of anilines is 1. The van der Waals surface area contributed by atoms with Crippen molar-refractivity contribution in [3.63, 3.8) is 0 Å². The summed E-state index contributed by atoms with van der Waals surface area (Å²) in [7, 11) is 1.58. The summed E-state index contributed by atoms with van der Waals surface area (Å²) in [5.41, 5.74) is 0.115. The molecule has 19 heavy (non-hydrogen) atoms. The fourth-order valence-electron chi connectivity index (χ4n) is 1.71. The van der Waals surface area contributed by atoms with E-state index in [1.807, 2.05) is 6.92 Å². The maximum Gasteiger partial charge on any atom is 0.356 e. The third kappa shape index (κ3) is 2.59. The van der Waals surface area contributed by atoms with Crippen LogP contribution in [0.1, 0.15) is 12.7 Å². The molecular formula is C12H14ClN5O. The van der Waals surface area contributed by atoms with Crippen molar-refractivity contribution in [3.05, 3.63) is 45.6 Å². The molecule has 6 nitrogen and oxygen atoms in total. The highest BCUT2D eigenvalue weighted by atomic mass is 35.5. The Bertz CT molecular complexity index is 653. The van der Waals surface area contributed by atoms with E-state index in [-0.39, 0.29) is 5.95 Å². The molecule has 0 atom stereocenters. The van der Waals surface area contributed by atoms with Crippen molar-refractivity contribution in [2.24, 2.45) is 5.84 Å². The van der Waals surface area contributed by atoms with Gasteiger partial charge >= 0.3 is 5.69 Å². The van der Waals surface area contributed by atoms with Crippen LogP contribution in [0.15, 0.2) is 29.1 Å². The fourth-order valence-corrected chi connectivity index (χ4v) is 1.93. The SMILES string of the molecule is CCc1nc(N(C)N)nc(=O)n1-c1ccccc1Cl. The number of aryl methyl sites for hydroxylation is 1. The molecule has 0 amide bonds. The fraction of sp³-hybridized carbons (Fsp3) is 0.250. The third-order valence-electron chi connectivity index (χ3n) is 2.60. The van der Waals surface area contributed by atoms with Crippen molar-refractivity contribution in [1.82, 2.24) is 14.5 Å². The maximum absolute atomic E-state index is 12.1. The van der Waals surface area contributed by atoms with Crippen molar-refractivity contribution < 1.29 is 0 Å². The van der Waals surface area contributed by atoms with Gasteiger partial charge in [0.2, 0.25) is 5.95 Å². The van der Waals surface area contributed by atoms with Gasteiger partial charge in [-0.3, -0.25) is 5.01 Å². The quantitative estimate of drug-likeness (QED) is 0.674. The number of hydrogen-bond donors (Lipinski definition) is 1. The summed E-state index contributed by atoms with van der Waals surface area (Å²) in [4.78, 5) is 20.2. The molecule has 0 aliphatic carbocycles. The first-order valence-corrected chi connectivity index (χ1v) is 6.15. The minimum atomic E-state index is -0.452. The summed E-state index contributed by atoms with van der Waals surface area (Å²) < 4.78 is 1.40. The Kier molecular flexibility index (Phi) is 3.82. The van der Waals surface area contributed by atoms with Crippen LogP contribution in [-0.4, -0.2) is 21.6 Å². The molecule has 1 aromatic carbocycles. The number of para-hydroxylation sites is 1. The van der Waals surface area contributed by atoms with E-state index in [2.05, 4.69) is 9.97 Å².